The summed E-state index contributed by atoms with van der Waals surface area (Å²) in [5.41, 5.74) is 10.8. The third kappa shape index (κ3) is 5.33. The van der Waals surface area contributed by atoms with Gasteiger partial charge in [-0.25, -0.2) is 19.3 Å². The lowest BCUT2D eigenvalue weighted by Crippen LogP contribution is -2.02. The first-order valence-electron chi connectivity index (χ1n) is 11.6. The number of benzene rings is 1. The maximum atomic E-state index is 13.3. The molecule has 0 aliphatic rings. The molecule has 0 fully saturated rings. The number of aromatic nitrogens is 5. The molecule has 0 saturated carbocycles. The molecule has 180 valence electrons. The predicted octanol–water partition coefficient (Wildman–Crippen LogP) is 5.81. The molecule has 5 rings (SSSR count). The summed E-state index contributed by atoms with van der Waals surface area (Å²) in [5.74, 6) is 0.536. The van der Waals surface area contributed by atoms with Gasteiger partial charge in [0, 0.05) is 11.9 Å². The van der Waals surface area contributed by atoms with Crippen LogP contribution < -0.4 is 5.73 Å². The summed E-state index contributed by atoms with van der Waals surface area (Å²) in [6.45, 7) is 7.95. The summed E-state index contributed by atoms with van der Waals surface area (Å²) < 4.78 is 15.2. The van der Waals surface area contributed by atoms with Gasteiger partial charge in [0.1, 0.15) is 17.2 Å². The number of hydrogen-bond acceptors (Lipinski definition) is 6. The molecule has 3 N–H and O–H groups in total. The van der Waals surface area contributed by atoms with E-state index in [9.17, 15) is 9.50 Å². The maximum absolute atomic E-state index is 13.3. The Kier molecular flexibility index (Phi) is 8.58. The van der Waals surface area contributed by atoms with Crippen molar-refractivity contribution >= 4 is 17.0 Å². The van der Waals surface area contributed by atoms with Crippen molar-refractivity contribution in [3.63, 3.8) is 0 Å². The van der Waals surface area contributed by atoms with E-state index in [0.29, 0.717) is 39.8 Å². The van der Waals surface area contributed by atoms with Crippen LogP contribution in [-0.2, 0) is 6.61 Å². The largest absolute Gasteiger partial charge is 0.392 e. The van der Waals surface area contributed by atoms with Crippen LogP contribution in [0.3, 0.4) is 0 Å². The van der Waals surface area contributed by atoms with E-state index >= 15 is 0 Å². The Bertz CT molecular complexity index is 1380. The number of aliphatic hydroxyl groups excluding tert-OH is 1. The molecule has 0 unspecified atom stereocenters. The van der Waals surface area contributed by atoms with E-state index in [4.69, 9.17) is 15.7 Å². The van der Waals surface area contributed by atoms with Crippen LogP contribution in [0.25, 0.3) is 39.6 Å². The van der Waals surface area contributed by atoms with Gasteiger partial charge in [0.15, 0.2) is 11.5 Å². The number of halogens is 1. The normalized spacial score (nSPS) is 10.2. The van der Waals surface area contributed by atoms with E-state index in [0.717, 1.165) is 17.4 Å². The SMILES string of the molecule is CC.CC.Nc1ncccc1-c1nc2ccc(-c3ccc(F)cn3)nc2n1-c1ccc(CO)cc1. The van der Waals surface area contributed by atoms with Gasteiger partial charge in [-0.3, -0.25) is 9.55 Å². The highest BCUT2D eigenvalue weighted by Crippen LogP contribution is 2.31. The fourth-order valence-corrected chi connectivity index (χ4v) is 3.41. The molecule has 0 bridgehead atoms. The number of pyridine rings is 3. The van der Waals surface area contributed by atoms with Gasteiger partial charge in [0.25, 0.3) is 0 Å². The Balaban J connectivity index is 0.000000815. The first-order chi connectivity index (χ1) is 17.1. The second-order valence-electron chi connectivity index (χ2n) is 6.93. The summed E-state index contributed by atoms with van der Waals surface area (Å²) in [4.78, 5) is 17.9. The average Bonchev–Trinajstić information content (AvgIpc) is 3.30. The standard InChI is InChI=1S/C23H17FN6O.2C2H6/c24-15-5-8-18(27-12-15)19-9-10-20-23(28-19)30(16-6-3-14(13-31)4-7-16)22(29-20)17-2-1-11-26-21(17)25;2*1-2/h1-12,31H,13H2,(H2,25,26);2*1-2H3. The van der Waals surface area contributed by atoms with Crippen molar-refractivity contribution in [2.45, 2.75) is 34.3 Å². The molecule has 0 amide bonds. The Hall–Kier alpha value is -4.17. The molecule has 0 radical (unpaired) electrons. The minimum absolute atomic E-state index is 0.0496. The molecule has 0 atom stereocenters. The van der Waals surface area contributed by atoms with Crippen molar-refractivity contribution in [1.82, 2.24) is 24.5 Å². The number of fused-ring (bicyclic) bond motifs is 1. The van der Waals surface area contributed by atoms with E-state index < -0.39 is 5.82 Å². The van der Waals surface area contributed by atoms with Gasteiger partial charge in [0.05, 0.1) is 29.8 Å². The minimum atomic E-state index is -0.409. The van der Waals surface area contributed by atoms with Gasteiger partial charge in [-0.15, -0.1) is 0 Å². The number of anilines is 1. The summed E-state index contributed by atoms with van der Waals surface area (Å²) in [6, 6.07) is 17.7. The van der Waals surface area contributed by atoms with Crippen LogP contribution in [-0.4, -0.2) is 29.6 Å². The molecular formula is C27H29FN6O. The van der Waals surface area contributed by atoms with E-state index in [1.165, 1.54) is 6.07 Å². The van der Waals surface area contributed by atoms with Crippen molar-refractivity contribution in [2.24, 2.45) is 0 Å². The molecule has 4 heterocycles. The fourth-order valence-electron chi connectivity index (χ4n) is 3.41. The van der Waals surface area contributed by atoms with E-state index in [2.05, 4.69) is 9.97 Å². The molecule has 0 aliphatic heterocycles. The van der Waals surface area contributed by atoms with Crippen LogP contribution in [0.1, 0.15) is 33.3 Å². The molecule has 0 spiro atoms. The van der Waals surface area contributed by atoms with Gasteiger partial charge in [0.2, 0.25) is 0 Å². The molecule has 5 aromatic rings. The molecule has 4 aromatic heterocycles. The quantitative estimate of drug-likeness (QED) is 0.342. The summed E-state index contributed by atoms with van der Waals surface area (Å²) in [5, 5.41) is 9.39. The van der Waals surface area contributed by atoms with E-state index in [-0.39, 0.29) is 6.61 Å². The summed E-state index contributed by atoms with van der Waals surface area (Å²) in [6.07, 6.45) is 2.78. The van der Waals surface area contributed by atoms with Crippen molar-refractivity contribution < 1.29 is 9.50 Å². The number of aliphatic hydroxyl groups is 1. The van der Waals surface area contributed by atoms with Gasteiger partial charge in [-0.1, -0.05) is 39.8 Å². The number of nitrogens with zero attached hydrogens (tertiary/aromatic N) is 5. The lowest BCUT2D eigenvalue weighted by molar-refractivity contribution is 0.282. The Morgan fingerprint density at radius 2 is 1.57 bits per heavy atom. The Morgan fingerprint density at radius 3 is 2.20 bits per heavy atom. The summed E-state index contributed by atoms with van der Waals surface area (Å²) in [7, 11) is 0. The molecule has 7 nitrogen and oxygen atoms in total. The highest BCUT2D eigenvalue weighted by molar-refractivity contribution is 5.84. The van der Waals surface area contributed by atoms with Crippen molar-refractivity contribution in [2.75, 3.05) is 5.73 Å². The van der Waals surface area contributed by atoms with Crippen LogP contribution in [0.2, 0.25) is 0 Å². The van der Waals surface area contributed by atoms with Crippen molar-refractivity contribution in [1.29, 1.82) is 0 Å². The number of hydrogen-bond donors (Lipinski definition) is 2. The van der Waals surface area contributed by atoms with Gasteiger partial charge < -0.3 is 10.8 Å². The monoisotopic (exact) mass is 472 g/mol. The highest BCUT2D eigenvalue weighted by atomic mass is 19.1. The zero-order valence-corrected chi connectivity index (χ0v) is 20.3. The average molecular weight is 473 g/mol. The zero-order valence-electron chi connectivity index (χ0n) is 20.3. The second-order valence-corrected chi connectivity index (χ2v) is 6.93. The molecular weight excluding hydrogens is 443 g/mol. The third-order valence-corrected chi connectivity index (χ3v) is 4.95. The van der Waals surface area contributed by atoms with Crippen molar-refractivity contribution in [3.8, 4) is 28.5 Å². The van der Waals surface area contributed by atoms with Crippen molar-refractivity contribution in [3.05, 3.63) is 84.4 Å². The lowest BCUT2D eigenvalue weighted by Gasteiger charge is -2.11. The molecule has 1 aromatic carbocycles. The smallest absolute Gasteiger partial charge is 0.165 e. The Morgan fingerprint density at radius 1 is 0.857 bits per heavy atom. The molecule has 0 saturated heterocycles. The predicted molar refractivity (Wildman–Crippen MR) is 138 cm³/mol. The third-order valence-electron chi connectivity index (χ3n) is 4.95. The lowest BCUT2D eigenvalue weighted by atomic mass is 10.2. The van der Waals surface area contributed by atoms with Gasteiger partial charge in [-0.2, -0.15) is 0 Å². The Labute approximate surface area is 204 Å². The van der Waals surface area contributed by atoms with Crippen LogP contribution in [0.5, 0.6) is 0 Å². The maximum Gasteiger partial charge on any atom is 0.165 e. The van der Waals surface area contributed by atoms with Crippen LogP contribution in [0.4, 0.5) is 10.2 Å². The molecule has 8 heteroatoms. The topological polar surface area (TPSA) is 103 Å². The fraction of sp³-hybridized carbons (Fsp3) is 0.185. The molecule has 35 heavy (non-hydrogen) atoms. The minimum Gasteiger partial charge on any atom is -0.392 e. The van der Waals surface area contributed by atoms with Crippen LogP contribution in [0, 0.1) is 5.82 Å². The highest BCUT2D eigenvalue weighted by Gasteiger charge is 2.18. The van der Waals surface area contributed by atoms with Crippen LogP contribution >= 0.6 is 0 Å². The van der Waals surface area contributed by atoms with Gasteiger partial charge >= 0.3 is 0 Å². The number of nitrogens with two attached hydrogens (primary N) is 1. The number of imidazole rings is 1. The summed E-state index contributed by atoms with van der Waals surface area (Å²) >= 11 is 0. The number of nitrogen functional groups attached to an aromatic ring is 1. The van der Waals surface area contributed by atoms with Crippen LogP contribution in [0.15, 0.2) is 73.1 Å². The zero-order chi connectivity index (χ0) is 25.4. The first kappa shape index (κ1) is 25.5. The van der Waals surface area contributed by atoms with E-state index in [1.807, 2.05) is 68.7 Å². The van der Waals surface area contributed by atoms with Gasteiger partial charge in [-0.05, 0) is 54.1 Å². The second kappa shape index (κ2) is 11.8. The number of rotatable bonds is 4. The first-order valence-corrected chi connectivity index (χ1v) is 11.6. The molecule has 0 aliphatic carbocycles. The van der Waals surface area contributed by atoms with E-state index in [1.54, 1.807) is 24.4 Å².